The molecule has 0 spiro atoms. The lowest BCUT2D eigenvalue weighted by Gasteiger charge is -2.35. The van der Waals surface area contributed by atoms with Gasteiger partial charge in [0.15, 0.2) is 6.17 Å². The van der Waals surface area contributed by atoms with Crippen LogP contribution in [0.15, 0.2) is 77.9 Å². The Kier molecular flexibility index (Phi) is 4.75. The van der Waals surface area contributed by atoms with Gasteiger partial charge in [0.05, 0.1) is 11.3 Å². The van der Waals surface area contributed by atoms with E-state index >= 15 is 0 Å². The molecule has 1 heterocycles. The number of halogens is 1. The zero-order chi connectivity index (χ0) is 19.7. The quantitative estimate of drug-likeness (QED) is 0.615. The number of benzene rings is 3. The third-order valence-electron chi connectivity index (χ3n) is 4.62. The van der Waals surface area contributed by atoms with Crippen LogP contribution in [0.1, 0.15) is 34.6 Å². The molecule has 5 nitrogen and oxygen atoms in total. The second-order valence-electron chi connectivity index (χ2n) is 6.50. The molecule has 0 aliphatic carbocycles. The first-order valence-electron chi connectivity index (χ1n) is 8.83. The first-order chi connectivity index (χ1) is 13.5. The molecule has 3 aromatic carbocycles. The van der Waals surface area contributed by atoms with E-state index in [0.29, 0.717) is 21.9 Å². The monoisotopic (exact) mass is 391 g/mol. The summed E-state index contributed by atoms with van der Waals surface area (Å²) in [6.45, 7) is 1.76. The number of aromatic hydroxyl groups is 1. The van der Waals surface area contributed by atoms with Crippen LogP contribution in [0.3, 0.4) is 0 Å². The summed E-state index contributed by atoms with van der Waals surface area (Å²) in [5.74, 6) is -0.116. The van der Waals surface area contributed by atoms with E-state index in [4.69, 9.17) is 11.6 Å². The number of hydrogen-bond donors (Lipinski definition) is 2. The molecule has 0 aromatic heterocycles. The average molecular weight is 392 g/mol. The first kappa shape index (κ1) is 18.1. The van der Waals surface area contributed by atoms with Crippen molar-refractivity contribution >= 4 is 28.9 Å². The molecule has 0 bridgehead atoms. The number of nitrogens with one attached hydrogen (secondary N) is 1. The molecule has 1 unspecified atom stereocenters. The number of para-hydroxylation sites is 2. The van der Waals surface area contributed by atoms with Crippen LogP contribution in [0.4, 0.5) is 5.69 Å². The van der Waals surface area contributed by atoms with E-state index < -0.39 is 6.17 Å². The molecule has 0 fully saturated rings. The molecule has 140 valence electrons. The number of fused-ring (bicyclic) bond motifs is 1. The zero-order valence-electron chi connectivity index (χ0n) is 15.1. The molecular formula is C22H18ClN3O2. The van der Waals surface area contributed by atoms with Crippen molar-refractivity contribution in [3.05, 3.63) is 94.5 Å². The lowest BCUT2D eigenvalue weighted by Crippen LogP contribution is -2.40. The predicted octanol–water partition coefficient (Wildman–Crippen LogP) is 5.04. The summed E-state index contributed by atoms with van der Waals surface area (Å²) >= 11 is 6.17. The maximum Gasteiger partial charge on any atom is 0.278 e. The van der Waals surface area contributed by atoms with Crippen molar-refractivity contribution in [2.75, 3.05) is 5.32 Å². The fraction of sp³-hybridized carbons (Fsp3) is 0.0909. The Balaban J connectivity index is 1.82. The second-order valence-corrected chi connectivity index (χ2v) is 6.94. The van der Waals surface area contributed by atoms with Gasteiger partial charge in [-0.3, -0.25) is 4.79 Å². The van der Waals surface area contributed by atoms with Crippen molar-refractivity contribution in [3.63, 3.8) is 0 Å². The Bertz CT molecular complexity index is 1080. The number of phenols is 1. The summed E-state index contributed by atoms with van der Waals surface area (Å²) in [6, 6.07) is 21.5. The molecule has 1 atom stereocenters. The van der Waals surface area contributed by atoms with Gasteiger partial charge in [-0.1, -0.05) is 48.0 Å². The normalized spacial score (nSPS) is 16.5. The topological polar surface area (TPSA) is 64.9 Å². The maximum absolute atomic E-state index is 13.2. The molecule has 3 aromatic rings. The maximum atomic E-state index is 13.2. The van der Waals surface area contributed by atoms with Gasteiger partial charge in [-0.15, -0.1) is 0 Å². The molecule has 1 aliphatic rings. The number of anilines is 1. The summed E-state index contributed by atoms with van der Waals surface area (Å²) in [6.07, 6.45) is -0.526. The molecule has 4 rings (SSSR count). The van der Waals surface area contributed by atoms with Crippen molar-refractivity contribution in [2.45, 2.75) is 13.1 Å². The number of nitrogens with zero attached hydrogens (tertiary/aromatic N) is 2. The average Bonchev–Trinajstić information content (AvgIpc) is 2.70. The van der Waals surface area contributed by atoms with E-state index in [9.17, 15) is 9.90 Å². The highest BCUT2D eigenvalue weighted by molar-refractivity contribution is 6.30. The van der Waals surface area contributed by atoms with Crippen molar-refractivity contribution in [3.8, 4) is 5.75 Å². The lowest BCUT2D eigenvalue weighted by atomic mass is 10.0. The second kappa shape index (κ2) is 7.37. The van der Waals surface area contributed by atoms with E-state index in [0.717, 1.165) is 11.3 Å². The van der Waals surface area contributed by atoms with E-state index in [2.05, 4.69) is 10.4 Å². The van der Waals surface area contributed by atoms with Crippen molar-refractivity contribution in [1.82, 2.24) is 5.01 Å². The minimum Gasteiger partial charge on any atom is -0.507 e. The summed E-state index contributed by atoms with van der Waals surface area (Å²) < 4.78 is 0. The highest BCUT2D eigenvalue weighted by Gasteiger charge is 2.33. The number of carbonyl (C=O) groups excluding carboxylic acids is 1. The molecule has 6 heteroatoms. The minimum atomic E-state index is -0.526. The minimum absolute atomic E-state index is 0.112. The van der Waals surface area contributed by atoms with Crippen LogP contribution < -0.4 is 5.32 Å². The predicted molar refractivity (Wildman–Crippen MR) is 111 cm³/mol. The lowest BCUT2D eigenvalue weighted by molar-refractivity contribution is 0.0689. The van der Waals surface area contributed by atoms with Crippen LogP contribution >= 0.6 is 11.6 Å². The van der Waals surface area contributed by atoms with E-state index in [-0.39, 0.29) is 11.7 Å². The standard InChI is InChI=1S/C22H18ClN3O2/c1-14(17-9-3-5-12-20(17)27)25-26-21(15-7-6-8-16(23)13-15)24-19-11-4-2-10-18(19)22(26)28/h2-13,21,24,27H,1H3. The Morgan fingerprint density at radius 2 is 1.82 bits per heavy atom. The van der Waals surface area contributed by atoms with E-state index in [1.54, 1.807) is 43.3 Å². The Labute approximate surface area is 167 Å². The van der Waals surface area contributed by atoms with Crippen LogP contribution in [0.25, 0.3) is 0 Å². The molecular weight excluding hydrogens is 374 g/mol. The fourth-order valence-corrected chi connectivity index (χ4v) is 3.44. The first-order valence-corrected chi connectivity index (χ1v) is 9.20. The van der Waals surface area contributed by atoms with Crippen LogP contribution in [0, 0.1) is 0 Å². The molecule has 0 saturated heterocycles. The van der Waals surface area contributed by atoms with Crippen molar-refractivity contribution < 1.29 is 9.90 Å². The summed E-state index contributed by atoms with van der Waals surface area (Å²) in [5, 5.41) is 20.0. The smallest absolute Gasteiger partial charge is 0.278 e. The third kappa shape index (κ3) is 3.32. The number of phenolic OH excluding ortho intramolecular Hbond substituents is 1. The molecule has 0 radical (unpaired) electrons. The largest absolute Gasteiger partial charge is 0.507 e. The van der Waals surface area contributed by atoms with Crippen LogP contribution in [0.5, 0.6) is 5.75 Å². The zero-order valence-corrected chi connectivity index (χ0v) is 15.9. The van der Waals surface area contributed by atoms with Crippen molar-refractivity contribution in [1.29, 1.82) is 0 Å². The molecule has 2 N–H and O–H groups in total. The van der Waals surface area contributed by atoms with E-state index in [1.165, 1.54) is 5.01 Å². The third-order valence-corrected chi connectivity index (χ3v) is 4.85. The fourth-order valence-electron chi connectivity index (χ4n) is 3.24. The number of amides is 1. The van der Waals surface area contributed by atoms with Gasteiger partial charge in [0.2, 0.25) is 0 Å². The number of hydrogen-bond acceptors (Lipinski definition) is 4. The van der Waals surface area contributed by atoms with Crippen LogP contribution in [-0.2, 0) is 0 Å². The molecule has 1 amide bonds. The number of carbonyl (C=O) groups is 1. The summed E-state index contributed by atoms with van der Waals surface area (Å²) in [4.78, 5) is 13.2. The van der Waals surface area contributed by atoms with Crippen LogP contribution in [0.2, 0.25) is 5.02 Å². The van der Waals surface area contributed by atoms with Gasteiger partial charge >= 0.3 is 0 Å². The van der Waals surface area contributed by atoms with Gasteiger partial charge in [0, 0.05) is 16.3 Å². The highest BCUT2D eigenvalue weighted by Crippen LogP contribution is 2.34. The van der Waals surface area contributed by atoms with E-state index in [1.807, 2.05) is 36.4 Å². The molecule has 1 aliphatic heterocycles. The van der Waals surface area contributed by atoms with Gasteiger partial charge in [-0.2, -0.15) is 5.10 Å². The Morgan fingerprint density at radius 3 is 2.61 bits per heavy atom. The Morgan fingerprint density at radius 1 is 1.07 bits per heavy atom. The SMILES string of the molecule is CC(=NN1C(=O)c2ccccc2NC1c1cccc(Cl)c1)c1ccccc1O. The number of rotatable bonds is 3. The van der Waals surface area contributed by atoms with Gasteiger partial charge in [-0.25, -0.2) is 5.01 Å². The highest BCUT2D eigenvalue weighted by atomic mass is 35.5. The number of hydrazone groups is 1. The molecule has 28 heavy (non-hydrogen) atoms. The van der Waals surface area contributed by atoms with Gasteiger partial charge in [0.25, 0.3) is 5.91 Å². The van der Waals surface area contributed by atoms with Crippen molar-refractivity contribution in [2.24, 2.45) is 5.10 Å². The van der Waals surface area contributed by atoms with Gasteiger partial charge < -0.3 is 10.4 Å². The molecule has 0 saturated carbocycles. The summed E-state index contributed by atoms with van der Waals surface area (Å²) in [5.41, 5.74) is 3.18. The summed E-state index contributed by atoms with van der Waals surface area (Å²) in [7, 11) is 0. The Hall–Kier alpha value is -3.31. The van der Waals surface area contributed by atoms with Crippen LogP contribution in [-0.4, -0.2) is 21.7 Å². The van der Waals surface area contributed by atoms with Gasteiger partial charge in [0.1, 0.15) is 5.75 Å². The van der Waals surface area contributed by atoms with Gasteiger partial charge in [-0.05, 0) is 48.9 Å².